The molecule has 2 nitrogen and oxygen atoms in total. The Balaban J connectivity index is 1.60. The van der Waals surface area contributed by atoms with Gasteiger partial charge in [-0.15, -0.1) is 0 Å². The highest BCUT2D eigenvalue weighted by molar-refractivity contribution is 5.02. The maximum absolute atomic E-state index is 5.57. The van der Waals surface area contributed by atoms with Crippen molar-refractivity contribution in [3.63, 3.8) is 0 Å². The maximum atomic E-state index is 5.57. The van der Waals surface area contributed by atoms with E-state index in [-0.39, 0.29) is 0 Å². The predicted octanol–water partition coefficient (Wildman–Crippen LogP) is 2.89. The molecular formula is C12H20O2. The molecule has 0 N–H and O–H groups in total. The molecule has 2 heteroatoms. The van der Waals surface area contributed by atoms with Gasteiger partial charge < -0.3 is 9.47 Å². The Bertz CT molecular complexity index is 208. The van der Waals surface area contributed by atoms with Gasteiger partial charge in [0.05, 0.1) is 26.1 Å². The molecule has 80 valence electrons. The van der Waals surface area contributed by atoms with Crippen molar-refractivity contribution in [2.75, 3.05) is 19.8 Å². The summed E-state index contributed by atoms with van der Waals surface area (Å²) in [5.74, 6) is 0. The molecule has 1 aliphatic heterocycles. The number of hydrogen-bond acceptors (Lipinski definition) is 2. The predicted molar refractivity (Wildman–Crippen MR) is 56.0 cm³/mol. The highest BCUT2D eigenvalue weighted by atomic mass is 16.5. The second kappa shape index (κ2) is 4.35. The summed E-state index contributed by atoms with van der Waals surface area (Å²) >= 11 is 0. The van der Waals surface area contributed by atoms with Crippen molar-refractivity contribution in [1.82, 2.24) is 0 Å². The van der Waals surface area contributed by atoms with Crippen LogP contribution in [-0.4, -0.2) is 19.8 Å². The quantitative estimate of drug-likeness (QED) is 0.508. The second-order valence-corrected chi connectivity index (χ2v) is 4.91. The molecule has 0 bridgehead atoms. The van der Waals surface area contributed by atoms with Crippen molar-refractivity contribution >= 4 is 0 Å². The van der Waals surface area contributed by atoms with Gasteiger partial charge in [-0.05, 0) is 37.7 Å². The Labute approximate surface area is 86.3 Å². The number of ether oxygens (including phenoxy) is 2. The Morgan fingerprint density at radius 1 is 1.36 bits per heavy atom. The summed E-state index contributed by atoms with van der Waals surface area (Å²) in [6.45, 7) is 4.94. The summed E-state index contributed by atoms with van der Waals surface area (Å²) < 4.78 is 10.8. The van der Waals surface area contributed by atoms with Gasteiger partial charge in [-0.25, -0.2) is 0 Å². The van der Waals surface area contributed by atoms with Crippen LogP contribution in [0.2, 0.25) is 0 Å². The molecule has 1 aliphatic carbocycles. The molecule has 0 aromatic rings. The van der Waals surface area contributed by atoms with Crippen molar-refractivity contribution in [3.05, 3.63) is 11.8 Å². The van der Waals surface area contributed by atoms with E-state index >= 15 is 0 Å². The van der Waals surface area contributed by atoms with Crippen LogP contribution in [0.1, 0.15) is 39.0 Å². The van der Waals surface area contributed by atoms with E-state index in [9.17, 15) is 0 Å². The highest BCUT2D eigenvalue weighted by Gasteiger charge is 2.32. The third-order valence-electron chi connectivity index (χ3n) is 3.22. The molecule has 2 fully saturated rings. The van der Waals surface area contributed by atoms with Crippen molar-refractivity contribution in [2.24, 2.45) is 5.41 Å². The van der Waals surface area contributed by atoms with E-state index in [4.69, 9.17) is 9.47 Å². The van der Waals surface area contributed by atoms with Crippen molar-refractivity contribution in [2.45, 2.75) is 39.0 Å². The standard InChI is InChI=1S/C12H20O2/c1-12(9-14-10-12)6-7-13-8-11-4-2-3-5-11/h8H,2-7,9-10H2,1H3. The monoisotopic (exact) mass is 196 g/mol. The van der Waals surface area contributed by atoms with Crippen molar-refractivity contribution in [1.29, 1.82) is 0 Å². The van der Waals surface area contributed by atoms with Crippen LogP contribution in [0.15, 0.2) is 11.8 Å². The summed E-state index contributed by atoms with van der Waals surface area (Å²) in [5, 5.41) is 0. The van der Waals surface area contributed by atoms with Crippen LogP contribution in [-0.2, 0) is 9.47 Å². The van der Waals surface area contributed by atoms with E-state index < -0.39 is 0 Å². The summed E-state index contributed by atoms with van der Waals surface area (Å²) in [6, 6.07) is 0. The number of hydrogen-bond donors (Lipinski definition) is 0. The van der Waals surface area contributed by atoms with E-state index in [1.807, 2.05) is 6.26 Å². The minimum atomic E-state index is 0.397. The Morgan fingerprint density at radius 3 is 2.64 bits per heavy atom. The molecule has 0 spiro atoms. The lowest BCUT2D eigenvalue weighted by molar-refractivity contribution is -0.111. The maximum Gasteiger partial charge on any atom is 0.0880 e. The van der Waals surface area contributed by atoms with E-state index in [0.29, 0.717) is 5.41 Å². The molecule has 0 aromatic carbocycles. The van der Waals surface area contributed by atoms with Gasteiger partial charge in [-0.3, -0.25) is 0 Å². The minimum absolute atomic E-state index is 0.397. The van der Waals surface area contributed by atoms with Crippen molar-refractivity contribution < 1.29 is 9.47 Å². The SMILES string of the molecule is CC1(CCOC=C2CCCC2)COC1. The zero-order valence-corrected chi connectivity index (χ0v) is 9.05. The fourth-order valence-electron chi connectivity index (χ4n) is 2.02. The van der Waals surface area contributed by atoms with Crippen LogP contribution in [0.4, 0.5) is 0 Å². The largest absolute Gasteiger partial charge is 0.501 e. The smallest absolute Gasteiger partial charge is 0.0880 e. The normalized spacial score (nSPS) is 24.5. The lowest BCUT2D eigenvalue weighted by atomic mass is 9.85. The van der Waals surface area contributed by atoms with Crippen LogP contribution in [0.5, 0.6) is 0 Å². The molecular weight excluding hydrogens is 176 g/mol. The number of rotatable bonds is 4. The average molecular weight is 196 g/mol. The van der Waals surface area contributed by atoms with E-state index in [1.54, 1.807) is 0 Å². The Hall–Kier alpha value is -0.500. The molecule has 0 atom stereocenters. The molecule has 14 heavy (non-hydrogen) atoms. The highest BCUT2D eigenvalue weighted by Crippen LogP contribution is 2.30. The van der Waals surface area contributed by atoms with Gasteiger partial charge in [0.25, 0.3) is 0 Å². The fourth-order valence-corrected chi connectivity index (χ4v) is 2.02. The van der Waals surface area contributed by atoms with Gasteiger partial charge in [0.2, 0.25) is 0 Å². The molecule has 2 aliphatic rings. The summed E-state index contributed by atoms with van der Waals surface area (Å²) in [6.07, 6.45) is 8.31. The van der Waals surface area contributed by atoms with E-state index in [1.165, 1.54) is 31.3 Å². The van der Waals surface area contributed by atoms with Crippen LogP contribution >= 0.6 is 0 Å². The second-order valence-electron chi connectivity index (χ2n) is 4.91. The van der Waals surface area contributed by atoms with Gasteiger partial charge in [0.1, 0.15) is 0 Å². The zero-order chi connectivity index (χ0) is 9.86. The van der Waals surface area contributed by atoms with Crippen LogP contribution in [0, 0.1) is 5.41 Å². The molecule has 0 aromatic heterocycles. The summed E-state index contributed by atoms with van der Waals surface area (Å²) in [7, 11) is 0. The summed E-state index contributed by atoms with van der Waals surface area (Å²) in [4.78, 5) is 0. The Morgan fingerprint density at radius 2 is 2.07 bits per heavy atom. The first-order valence-corrected chi connectivity index (χ1v) is 5.66. The van der Waals surface area contributed by atoms with Crippen LogP contribution < -0.4 is 0 Å². The third-order valence-corrected chi connectivity index (χ3v) is 3.22. The van der Waals surface area contributed by atoms with E-state index in [0.717, 1.165) is 26.2 Å². The van der Waals surface area contributed by atoms with Gasteiger partial charge in [-0.1, -0.05) is 6.92 Å². The molecule has 2 rings (SSSR count). The first-order chi connectivity index (χ1) is 6.79. The number of allylic oxidation sites excluding steroid dienone is 1. The van der Waals surface area contributed by atoms with Crippen molar-refractivity contribution in [3.8, 4) is 0 Å². The van der Waals surface area contributed by atoms with Crippen LogP contribution in [0.25, 0.3) is 0 Å². The average Bonchev–Trinajstić information content (AvgIpc) is 2.62. The zero-order valence-electron chi connectivity index (χ0n) is 9.05. The molecule has 1 saturated heterocycles. The lowest BCUT2D eigenvalue weighted by Crippen LogP contribution is -2.40. The lowest BCUT2D eigenvalue weighted by Gasteiger charge is -2.37. The van der Waals surface area contributed by atoms with Crippen LogP contribution in [0.3, 0.4) is 0 Å². The topological polar surface area (TPSA) is 18.5 Å². The summed E-state index contributed by atoms with van der Waals surface area (Å²) in [5.41, 5.74) is 1.90. The molecule has 0 amide bonds. The third kappa shape index (κ3) is 2.50. The van der Waals surface area contributed by atoms with Gasteiger partial charge in [0.15, 0.2) is 0 Å². The Kier molecular flexibility index (Phi) is 3.12. The first-order valence-electron chi connectivity index (χ1n) is 5.66. The molecule has 0 unspecified atom stereocenters. The van der Waals surface area contributed by atoms with Gasteiger partial charge in [0, 0.05) is 5.41 Å². The molecule has 1 heterocycles. The van der Waals surface area contributed by atoms with Gasteiger partial charge >= 0.3 is 0 Å². The molecule has 1 saturated carbocycles. The minimum Gasteiger partial charge on any atom is -0.501 e. The van der Waals surface area contributed by atoms with E-state index in [2.05, 4.69) is 6.92 Å². The van der Waals surface area contributed by atoms with Gasteiger partial charge in [-0.2, -0.15) is 0 Å². The molecule has 0 radical (unpaired) electrons. The first kappa shape index (κ1) is 10.0. The fraction of sp³-hybridized carbons (Fsp3) is 0.833.